The second-order valence-electron chi connectivity index (χ2n) is 7.25. The van der Waals surface area contributed by atoms with Crippen LogP contribution in [-0.4, -0.2) is 47.0 Å². The average molecular weight is 369 g/mol. The zero-order chi connectivity index (χ0) is 17.8. The van der Waals surface area contributed by atoms with E-state index in [1.165, 1.54) is 12.8 Å². The summed E-state index contributed by atoms with van der Waals surface area (Å²) in [6.45, 7) is 3.72. The molecule has 2 aromatic rings. The largest absolute Gasteiger partial charge is 0.340 e. The van der Waals surface area contributed by atoms with Crippen LogP contribution in [0.25, 0.3) is 6.08 Å². The van der Waals surface area contributed by atoms with Gasteiger partial charge in [0.2, 0.25) is 11.9 Å². The summed E-state index contributed by atoms with van der Waals surface area (Å²) in [7, 11) is 0. The van der Waals surface area contributed by atoms with Gasteiger partial charge in [-0.1, -0.05) is 6.07 Å². The highest BCUT2D eigenvalue weighted by atomic mass is 32.1. The number of hydrogen-bond acceptors (Lipinski definition) is 5. The molecule has 26 heavy (non-hydrogen) atoms. The summed E-state index contributed by atoms with van der Waals surface area (Å²) in [6, 6.07) is 5.89. The predicted octanol–water partition coefficient (Wildman–Crippen LogP) is 3.46. The number of thiophene rings is 1. The van der Waals surface area contributed by atoms with Crippen LogP contribution in [0.1, 0.15) is 30.6 Å². The van der Waals surface area contributed by atoms with Crippen LogP contribution in [0.5, 0.6) is 0 Å². The van der Waals surface area contributed by atoms with Crippen LogP contribution in [0.4, 0.5) is 5.95 Å². The Morgan fingerprint density at radius 3 is 2.65 bits per heavy atom. The number of aromatic nitrogens is 2. The molecule has 1 spiro atoms. The maximum Gasteiger partial charge on any atom is 0.246 e. The number of carbonyl (C=O) groups is 1. The first-order valence-corrected chi connectivity index (χ1v) is 10.1. The van der Waals surface area contributed by atoms with E-state index >= 15 is 0 Å². The number of carbonyl (C=O) groups excluding carboxylic acids is 1. The highest BCUT2D eigenvalue weighted by molar-refractivity contribution is 7.10. The Morgan fingerprint density at radius 1 is 1.12 bits per heavy atom. The van der Waals surface area contributed by atoms with Crippen molar-refractivity contribution in [1.82, 2.24) is 14.9 Å². The standard InChI is InChI=1S/C20H24N4OS/c25-18(6-5-17-4-1-15-26-17)23-13-8-20(9-14-23)7-2-12-24(16-20)19-21-10-3-11-22-19/h1,3-6,10-11,15H,2,7-9,12-14,16H2/b6-5+. The smallest absolute Gasteiger partial charge is 0.246 e. The van der Waals surface area contributed by atoms with Gasteiger partial charge in [-0.15, -0.1) is 11.3 Å². The molecule has 6 heteroatoms. The highest BCUT2D eigenvalue weighted by Gasteiger charge is 2.39. The fraction of sp³-hybridized carbons (Fsp3) is 0.450. The first-order chi connectivity index (χ1) is 12.7. The molecule has 0 aliphatic carbocycles. The maximum absolute atomic E-state index is 12.5. The molecule has 0 bridgehead atoms. The molecule has 2 aromatic heterocycles. The average Bonchev–Trinajstić information content (AvgIpc) is 3.21. The molecule has 136 valence electrons. The minimum atomic E-state index is 0.132. The summed E-state index contributed by atoms with van der Waals surface area (Å²) in [4.78, 5) is 26.7. The van der Waals surface area contributed by atoms with Crippen molar-refractivity contribution in [3.8, 4) is 0 Å². The Hall–Kier alpha value is -2.21. The number of likely N-dealkylation sites (tertiary alicyclic amines) is 1. The fourth-order valence-corrected chi connectivity index (χ4v) is 4.71. The second-order valence-corrected chi connectivity index (χ2v) is 8.23. The monoisotopic (exact) mass is 368 g/mol. The van der Waals surface area contributed by atoms with Crippen LogP contribution in [0, 0.1) is 5.41 Å². The zero-order valence-corrected chi connectivity index (χ0v) is 15.7. The molecule has 5 nitrogen and oxygen atoms in total. The number of amides is 1. The Morgan fingerprint density at radius 2 is 1.92 bits per heavy atom. The molecular formula is C20H24N4OS. The third-order valence-electron chi connectivity index (χ3n) is 5.57. The van der Waals surface area contributed by atoms with Gasteiger partial charge >= 0.3 is 0 Å². The van der Waals surface area contributed by atoms with Crippen LogP contribution >= 0.6 is 11.3 Å². The van der Waals surface area contributed by atoms with E-state index in [9.17, 15) is 4.79 Å². The van der Waals surface area contributed by atoms with Crippen LogP contribution in [0.3, 0.4) is 0 Å². The minimum Gasteiger partial charge on any atom is -0.340 e. The van der Waals surface area contributed by atoms with E-state index < -0.39 is 0 Å². The third-order valence-corrected chi connectivity index (χ3v) is 6.40. The number of anilines is 1. The summed E-state index contributed by atoms with van der Waals surface area (Å²) < 4.78 is 0. The van der Waals surface area contributed by atoms with E-state index in [4.69, 9.17) is 0 Å². The number of nitrogens with zero attached hydrogens (tertiary/aromatic N) is 4. The van der Waals surface area contributed by atoms with Gasteiger partial charge in [-0.2, -0.15) is 0 Å². The molecule has 0 saturated carbocycles. The Labute approximate surface area is 158 Å². The molecular weight excluding hydrogens is 344 g/mol. The van der Waals surface area contributed by atoms with Crippen LogP contribution in [0.2, 0.25) is 0 Å². The van der Waals surface area contributed by atoms with Crippen molar-refractivity contribution < 1.29 is 4.79 Å². The van der Waals surface area contributed by atoms with Gasteiger partial charge in [0.25, 0.3) is 0 Å². The quantitative estimate of drug-likeness (QED) is 0.779. The van der Waals surface area contributed by atoms with Gasteiger partial charge in [0.05, 0.1) is 0 Å². The molecule has 2 aliphatic heterocycles. The van der Waals surface area contributed by atoms with Gasteiger partial charge < -0.3 is 9.80 Å². The first kappa shape index (κ1) is 17.2. The molecule has 0 N–H and O–H groups in total. The summed E-state index contributed by atoms with van der Waals surface area (Å²) in [6.07, 6.45) is 11.8. The topological polar surface area (TPSA) is 49.3 Å². The van der Waals surface area contributed by atoms with Crippen molar-refractivity contribution in [2.24, 2.45) is 5.41 Å². The van der Waals surface area contributed by atoms with Crippen molar-refractivity contribution in [2.45, 2.75) is 25.7 Å². The summed E-state index contributed by atoms with van der Waals surface area (Å²) in [5, 5.41) is 2.03. The van der Waals surface area contributed by atoms with Crippen molar-refractivity contribution in [2.75, 3.05) is 31.1 Å². The Balaban J connectivity index is 1.35. The minimum absolute atomic E-state index is 0.132. The first-order valence-electron chi connectivity index (χ1n) is 9.27. The van der Waals surface area contributed by atoms with E-state index in [0.29, 0.717) is 5.41 Å². The van der Waals surface area contributed by atoms with Crippen molar-refractivity contribution in [3.05, 3.63) is 46.9 Å². The second kappa shape index (κ2) is 7.58. The van der Waals surface area contributed by atoms with Gasteiger partial charge in [-0.05, 0) is 54.7 Å². The lowest BCUT2D eigenvalue weighted by Crippen LogP contribution is -2.50. The normalized spacial score (nSPS) is 20.0. The van der Waals surface area contributed by atoms with E-state index in [1.807, 2.05) is 46.9 Å². The molecule has 4 heterocycles. The molecule has 2 fully saturated rings. The highest BCUT2D eigenvalue weighted by Crippen LogP contribution is 2.40. The number of hydrogen-bond donors (Lipinski definition) is 0. The Kier molecular flexibility index (Phi) is 5.02. The van der Waals surface area contributed by atoms with E-state index in [2.05, 4.69) is 14.9 Å². The molecule has 1 amide bonds. The lowest BCUT2D eigenvalue weighted by atomic mass is 9.72. The molecule has 0 unspecified atom stereocenters. The van der Waals surface area contributed by atoms with Gasteiger partial charge in [-0.3, -0.25) is 4.79 Å². The van der Waals surface area contributed by atoms with Crippen molar-refractivity contribution >= 4 is 29.3 Å². The summed E-state index contributed by atoms with van der Waals surface area (Å²) in [5.41, 5.74) is 0.297. The molecule has 0 radical (unpaired) electrons. The van der Waals surface area contributed by atoms with Gasteiger partial charge in [-0.25, -0.2) is 9.97 Å². The van der Waals surface area contributed by atoms with Crippen molar-refractivity contribution in [1.29, 1.82) is 0 Å². The van der Waals surface area contributed by atoms with Crippen LogP contribution < -0.4 is 4.90 Å². The Bertz CT molecular complexity index is 751. The predicted molar refractivity (Wildman–Crippen MR) is 105 cm³/mol. The van der Waals surface area contributed by atoms with E-state index in [0.717, 1.165) is 49.8 Å². The van der Waals surface area contributed by atoms with Crippen LogP contribution in [0.15, 0.2) is 42.0 Å². The zero-order valence-electron chi connectivity index (χ0n) is 14.9. The molecule has 0 atom stereocenters. The van der Waals surface area contributed by atoms with Gasteiger partial charge in [0, 0.05) is 49.5 Å². The third kappa shape index (κ3) is 3.80. The van der Waals surface area contributed by atoms with Crippen molar-refractivity contribution in [3.63, 3.8) is 0 Å². The van der Waals surface area contributed by atoms with Crippen LogP contribution in [-0.2, 0) is 4.79 Å². The number of rotatable bonds is 3. The molecule has 2 saturated heterocycles. The fourth-order valence-electron chi connectivity index (χ4n) is 4.09. The lowest BCUT2D eigenvalue weighted by Gasteiger charge is -2.47. The SMILES string of the molecule is O=C(/C=C/c1cccs1)N1CCC2(CCCN(c3ncccn3)C2)CC1. The van der Waals surface area contributed by atoms with Gasteiger partial charge in [0.1, 0.15) is 0 Å². The summed E-state index contributed by atoms with van der Waals surface area (Å²) >= 11 is 1.65. The maximum atomic E-state index is 12.5. The molecule has 2 aliphatic rings. The van der Waals surface area contributed by atoms with E-state index in [-0.39, 0.29) is 5.91 Å². The van der Waals surface area contributed by atoms with Gasteiger partial charge in [0.15, 0.2) is 0 Å². The lowest BCUT2D eigenvalue weighted by molar-refractivity contribution is -0.128. The molecule has 0 aromatic carbocycles. The van der Waals surface area contributed by atoms with E-state index in [1.54, 1.807) is 17.4 Å². The summed E-state index contributed by atoms with van der Waals surface area (Å²) in [5.74, 6) is 0.969. The number of piperidine rings is 2. The molecule has 4 rings (SSSR count).